The number of aliphatic carboxylic acids is 1. The van der Waals surface area contributed by atoms with Gasteiger partial charge in [-0.2, -0.15) is 0 Å². The number of carbonyl (C=O) groups is 1. The highest BCUT2D eigenvalue weighted by Gasteiger charge is 2.67. The number of alkyl halides is 1. The minimum atomic E-state index is -1.08. The maximum absolute atomic E-state index is 13.4. The summed E-state index contributed by atoms with van der Waals surface area (Å²) >= 11 is 0. The van der Waals surface area contributed by atoms with Crippen LogP contribution in [0.25, 0.3) is 0 Å². The van der Waals surface area contributed by atoms with Crippen LogP contribution in [0.4, 0.5) is 4.39 Å². The van der Waals surface area contributed by atoms with Crippen LogP contribution in [0, 0.1) is 58.2 Å². The first-order valence-electron chi connectivity index (χ1n) is 13.3. The molecule has 0 heterocycles. The van der Waals surface area contributed by atoms with E-state index in [9.17, 15) is 29.6 Å². The van der Waals surface area contributed by atoms with Crippen molar-refractivity contribution < 1.29 is 29.6 Å². The van der Waals surface area contributed by atoms with Crippen LogP contribution >= 0.6 is 0 Å². The Kier molecular flexibility index (Phi) is 6.96. The van der Waals surface area contributed by atoms with Crippen LogP contribution in [0.2, 0.25) is 0 Å². The summed E-state index contributed by atoms with van der Waals surface area (Å²) in [6.07, 6.45) is 4.88. The van der Waals surface area contributed by atoms with Gasteiger partial charge in [-0.15, -0.1) is 0 Å². The quantitative estimate of drug-likeness (QED) is 0.466. The fourth-order valence-electron chi connectivity index (χ4n) is 9.73. The Labute approximate surface area is 198 Å². The summed E-state index contributed by atoms with van der Waals surface area (Å²) < 4.78 is 13.4. The zero-order valence-electron chi connectivity index (χ0n) is 20.8. The van der Waals surface area contributed by atoms with Crippen molar-refractivity contribution in [1.29, 1.82) is 0 Å². The normalized spacial score (nSPS) is 51.2. The molecule has 0 aliphatic heterocycles. The Morgan fingerprint density at radius 2 is 1.76 bits per heavy atom. The van der Waals surface area contributed by atoms with E-state index in [0.717, 1.165) is 38.5 Å². The van der Waals surface area contributed by atoms with E-state index in [-0.39, 0.29) is 59.4 Å². The van der Waals surface area contributed by atoms with Crippen molar-refractivity contribution in [3.8, 4) is 0 Å². The molecule has 5 nitrogen and oxygen atoms in total. The predicted octanol–water partition coefficient (Wildman–Crippen LogP) is 4.28. The van der Waals surface area contributed by atoms with E-state index < -0.39 is 36.2 Å². The SMILES string of the molecule is CC[C@H]1[C@@H](O)[C@@H]2[C@H](C[C@H](O)[C@]3(C)C([C@H](C)C[C@H](CF)C(=O)O)CC[C@@H]23)[C@@]2(C)CC[C@@H](O)C[C@@H]12. The smallest absolute Gasteiger partial charge is 0.309 e. The molecule has 4 saturated carbocycles. The Balaban J connectivity index is 1.65. The van der Waals surface area contributed by atoms with E-state index in [0.29, 0.717) is 6.42 Å². The first kappa shape index (κ1) is 25.4. The molecule has 0 aromatic heterocycles. The van der Waals surface area contributed by atoms with Gasteiger partial charge in [0.05, 0.1) is 24.2 Å². The van der Waals surface area contributed by atoms with Crippen molar-refractivity contribution in [3.63, 3.8) is 0 Å². The zero-order chi connectivity index (χ0) is 24.3. The van der Waals surface area contributed by atoms with E-state index in [4.69, 9.17) is 0 Å². The Hall–Kier alpha value is -0.720. The zero-order valence-corrected chi connectivity index (χ0v) is 20.8. The lowest BCUT2D eigenvalue weighted by Crippen LogP contribution is -2.65. The number of fused-ring (bicyclic) bond motifs is 5. The molecule has 4 N–H and O–H groups in total. The number of aliphatic hydroxyl groups excluding tert-OH is 3. The van der Waals surface area contributed by atoms with Crippen molar-refractivity contribution in [2.24, 2.45) is 58.2 Å². The highest BCUT2D eigenvalue weighted by molar-refractivity contribution is 5.70. The van der Waals surface area contributed by atoms with Crippen molar-refractivity contribution in [3.05, 3.63) is 0 Å². The first-order chi connectivity index (χ1) is 15.5. The van der Waals surface area contributed by atoms with Crippen LogP contribution in [0.5, 0.6) is 0 Å². The van der Waals surface area contributed by atoms with E-state index >= 15 is 0 Å². The van der Waals surface area contributed by atoms with Crippen molar-refractivity contribution >= 4 is 5.97 Å². The largest absolute Gasteiger partial charge is 0.481 e. The second-order valence-corrected chi connectivity index (χ2v) is 12.6. The van der Waals surface area contributed by atoms with E-state index in [1.165, 1.54) is 0 Å². The van der Waals surface area contributed by atoms with Gasteiger partial charge in [-0.05, 0) is 97.2 Å². The van der Waals surface area contributed by atoms with Gasteiger partial charge in [0.25, 0.3) is 0 Å². The van der Waals surface area contributed by atoms with Gasteiger partial charge in [0.15, 0.2) is 0 Å². The molecule has 13 atom stereocenters. The van der Waals surface area contributed by atoms with Crippen LogP contribution in [0.3, 0.4) is 0 Å². The average Bonchev–Trinajstić information content (AvgIpc) is 3.12. The summed E-state index contributed by atoms with van der Waals surface area (Å²) in [6.45, 7) is 7.82. The summed E-state index contributed by atoms with van der Waals surface area (Å²) in [6, 6.07) is 0. The molecule has 4 rings (SSSR count). The molecule has 0 aromatic rings. The van der Waals surface area contributed by atoms with Crippen molar-refractivity contribution in [2.75, 3.05) is 6.67 Å². The van der Waals surface area contributed by atoms with Crippen molar-refractivity contribution in [2.45, 2.75) is 97.4 Å². The molecule has 4 fully saturated rings. The molecule has 4 aliphatic rings. The molecule has 0 bridgehead atoms. The summed E-state index contributed by atoms with van der Waals surface area (Å²) in [5, 5.41) is 43.2. The fourth-order valence-corrected chi connectivity index (χ4v) is 9.73. The molecule has 33 heavy (non-hydrogen) atoms. The molecular weight excluding hydrogens is 423 g/mol. The number of carboxylic acid groups (broad SMARTS) is 1. The van der Waals surface area contributed by atoms with Gasteiger partial charge >= 0.3 is 5.97 Å². The molecular formula is C27H45FO5. The third-order valence-electron chi connectivity index (χ3n) is 11.4. The highest BCUT2D eigenvalue weighted by atomic mass is 19.1. The Bertz CT molecular complexity index is 731. The summed E-state index contributed by atoms with van der Waals surface area (Å²) in [5.74, 6) is -0.991. The van der Waals surface area contributed by atoms with Crippen LogP contribution < -0.4 is 0 Å². The van der Waals surface area contributed by atoms with E-state index in [2.05, 4.69) is 20.8 Å². The molecule has 1 unspecified atom stereocenters. The lowest BCUT2D eigenvalue weighted by atomic mass is 9.41. The van der Waals surface area contributed by atoms with Crippen LogP contribution in [-0.4, -0.2) is 51.4 Å². The minimum absolute atomic E-state index is 0.00100. The lowest BCUT2D eigenvalue weighted by Gasteiger charge is -2.65. The van der Waals surface area contributed by atoms with E-state index in [1.807, 2.05) is 6.92 Å². The number of aliphatic hydroxyl groups is 3. The average molecular weight is 469 g/mol. The molecule has 0 saturated heterocycles. The maximum Gasteiger partial charge on any atom is 0.309 e. The topological polar surface area (TPSA) is 98.0 Å². The maximum atomic E-state index is 13.4. The Morgan fingerprint density at radius 1 is 1.06 bits per heavy atom. The number of hydrogen-bond acceptors (Lipinski definition) is 4. The predicted molar refractivity (Wildman–Crippen MR) is 124 cm³/mol. The highest BCUT2D eigenvalue weighted by Crippen LogP contribution is 2.69. The van der Waals surface area contributed by atoms with Gasteiger partial charge < -0.3 is 20.4 Å². The summed E-state index contributed by atoms with van der Waals surface area (Å²) in [5.41, 5.74) is -0.380. The number of carboxylic acids is 1. The first-order valence-corrected chi connectivity index (χ1v) is 13.3. The lowest BCUT2D eigenvalue weighted by molar-refractivity contribution is -0.228. The van der Waals surface area contributed by atoms with Crippen molar-refractivity contribution in [1.82, 2.24) is 0 Å². The van der Waals surface area contributed by atoms with Crippen LogP contribution in [0.1, 0.15) is 79.1 Å². The third-order valence-corrected chi connectivity index (χ3v) is 11.4. The monoisotopic (exact) mass is 468 g/mol. The second kappa shape index (κ2) is 9.05. The molecule has 0 radical (unpaired) electrons. The fraction of sp³-hybridized carbons (Fsp3) is 0.963. The second-order valence-electron chi connectivity index (χ2n) is 12.6. The van der Waals surface area contributed by atoms with Gasteiger partial charge in [0, 0.05) is 0 Å². The van der Waals surface area contributed by atoms with Crippen LogP contribution in [-0.2, 0) is 4.79 Å². The summed E-state index contributed by atoms with van der Waals surface area (Å²) in [7, 11) is 0. The number of rotatable bonds is 6. The van der Waals surface area contributed by atoms with E-state index in [1.54, 1.807) is 0 Å². The molecule has 0 aromatic carbocycles. The molecule has 4 aliphatic carbocycles. The van der Waals surface area contributed by atoms with Crippen LogP contribution in [0.15, 0.2) is 0 Å². The Morgan fingerprint density at radius 3 is 2.36 bits per heavy atom. The molecule has 0 spiro atoms. The van der Waals surface area contributed by atoms with Gasteiger partial charge in [-0.1, -0.05) is 34.1 Å². The minimum Gasteiger partial charge on any atom is -0.481 e. The van der Waals surface area contributed by atoms with Gasteiger partial charge in [-0.3, -0.25) is 9.18 Å². The summed E-state index contributed by atoms with van der Waals surface area (Å²) in [4.78, 5) is 11.5. The third kappa shape index (κ3) is 3.78. The number of halogens is 1. The molecule has 6 heteroatoms. The molecule has 190 valence electrons. The van der Waals surface area contributed by atoms with Gasteiger partial charge in [-0.25, -0.2) is 0 Å². The molecule has 0 amide bonds. The standard InChI is InChI=1S/C27H45FO5/c1-5-17-20-11-16(29)8-9-26(20,3)21-12-22(30)27(4)18(6-7-19(27)23(21)24(17)31)14(2)10-15(13-28)25(32)33/h14-24,29-31H,5-13H2,1-4H3,(H,32,33)/t14-,15-,16-,17-,18?,19+,20+,21+,22+,23+,24-,26+,27-/m1/s1. The van der Waals surface area contributed by atoms with Gasteiger partial charge in [0.2, 0.25) is 0 Å². The number of hydrogen-bond donors (Lipinski definition) is 4. The van der Waals surface area contributed by atoms with Gasteiger partial charge in [0.1, 0.15) is 6.67 Å².